The van der Waals surface area contributed by atoms with Gasteiger partial charge < -0.3 is 10.2 Å². The van der Waals surface area contributed by atoms with Crippen molar-refractivity contribution >= 4 is 23.0 Å². The fraction of sp³-hybridized carbons (Fsp3) is 0.562. The molecule has 2 rings (SSSR count). The first-order valence-electron chi connectivity index (χ1n) is 7.90. The van der Waals surface area contributed by atoms with Crippen molar-refractivity contribution in [2.24, 2.45) is 0 Å². The number of piperazine rings is 1. The van der Waals surface area contributed by atoms with Crippen molar-refractivity contribution in [1.82, 2.24) is 10.4 Å². The van der Waals surface area contributed by atoms with E-state index in [-0.39, 0.29) is 0 Å². The minimum Gasteiger partial charge on any atom is -0.335 e. The van der Waals surface area contributed by atoms with Crippen LogP contribution in [0.5, 0.6) is 0 Å². The molecular formula is C16H27N4S+. The Morgan fingerprint density at radius 3 is 2.52 bits per heavy atom. The molecule has 116 valence electrons. The molecule has 3 N–H and O–H groups in total. The van der Waals surface area contributed by atoms with Gasteiger partial charge in [-0.1, -0.05) is 25.5 Å². The molecule has 0 aliphatic carbocycles. The molecule has 1 heterocycles. The van der Waals surface area contributed by atoms with Gasteiger partial charge in [-0.3, -0.25) is 5.43 Å². The summed E-state index contributed by atoms with van der Waals surface area (Å²) in [6, 6.07) is 8.57. The highest BCUT2D eigenvalue weighted by Crippen LogP contribution is 2.11. The van der Waals surface area contributed by atoms with Gasteiger partial charge in [0.15, 0.2) is 5.11 Å². The summed E-state index contributed by atoms with van der Waals surface area (Å²) in [4.78, 5) is 1.58. The van der Waals surface area contributed by atoms with Gasteiger partial charge in [0.05, 0.1) is 33.2 Å². The van der Waals surface area contributed by atoms with Crippen LogP contribution in [0.2, 0.25) is 0 Å². The summed E-state index contributed by atoms with van der Waals surface area (Å²) in [5, 5.41) is 6.12. The maximum absolute atomic E-state index is 5.38. The Morgan fingerprint density at radius 1 is 1.24 bits per heavy atom. The van der Waals surface area contributed by atoms with E-state index in [9.17, 15) is 0 Å². The fourth-order valence-corrected chi connectivity index (χ4v) is 2.69. The van der Waals surface area contributed by atoms with E-state index in [2.05, 4.69) is 54.0 Å². The zero-order chi connectivity index (χ0) is 15.1. The number of nitrogens with zero attached hydrogens (tertiary/aromatic N) is 1. The van der Waals surface area contributed by atoms with Crippen molar-refractivity contribution in [3.8, 4) is 0 Å². The van der Waals surface area contributed by atoms with E-state index in [1.54, 1.807) is 4.90 Å². The van der Waals surface area contributed by atoms with E-state index in [0.717, 1.165) is 38.3 Å². The number of nitrogens with one attached hydrogen (secondary N) is 3. The molecule has 1 aliphatic rings. The molecule has 1 aromatic carbocycles. The smallest absolute Gasteiger partial charge is 0.185 e. The molecule has 0 unspecified atom stereocenters. The van der Waals surface area contributed by atoms with Crippen LogP contribution in [0.3, 0.4) is 0 Å². The summed E-state index contributed by atoms with van der Waals surface area (Å²) in [6.45, 7) is 6.59. The van der Waals surface area contributed by atoms with Gasteiger partial charge in [-0.15, -0.1) is 0 Å². The predicted octanol–water partition coefficient (Wildman–Crippen LogP) is 1.06. The third-order valence-corrected chi connectivity index (χ3v) is 4.10. The van der Waals surface area contributed by atoms with Crippen LogP contribution in [0.4, 0.5) is 5.69 Å². The quantitative estimate of drug-likeness (QED) is 0.710. The van der Waals surface area contributed by atoms with Gasteiger partial charge in [0.25, 0.3) is 0 Å². The second-order valence-electron chi connectivity index (χ2n) is 5.81. The molecule has 0 atom stereocenters. The van der Waals surface area contributed by atoms with Crippen molar-refractivity contribution in [1.29, 1.82) is 0 Å². The standard InChI is InChI=1S/C16H26N4S/c1-3-4-5-14-6-8-15(9-7-14)17-16(21)18-20-12-10-19(2)11-13-20/h6-9H,3-5,10-13H2,1-2H3,(H2,17,18,21)/p+1. The van der Waals surface area contributed by atoms with E-state index in [4.69, 9.17) is 12.2 Å². The summed E-state index contributed by atoms with van der Waals surface area (Å²) in [6.07, 6.45) is 3.64. The molecule has 0 amide bonds. The molecule has 0 saturated carbocycles. The normalized spacial score (nSPS) is 16.7. The van der Waals surface area contributed by atoms with E-state index in [0.29, 0.717) is 5.11 Å². The number of rotatable bonds is 5. The first-order valence-corrected chi connectivity index (χ1v) is 8.31. The van der Waals surface area contributed by atoms with Crippen LogP contribution in [0, 0.1) is 0 Å². The number of benzene rings is 1. The lowest BCUT2D eigenvalue weighted by Crippen LogP contribution is -3.12. The van der Waals surface area contributed by atoms with Gasteiger partial charge in [-0.05, 0) is 42.8 Å². The number of thiocarbonyl (C=S) groups is 1. The summed E-state index contributed by atoms with van der Waals surface area (Å²) in [5.74, 6) is 0. The monoisotopic (exact) mass is 307 g/mol. The van der Waals surface area contributed by atoms with Crippen LogP contribution in [0.1, 0.15) is 25.3 Å². The molecule has 0 radical (unpaired) electrons. The number of anilines is 1. The fourth-order valence-electron chi connectivity index (χ4n) is 2.44. The van der Waals surface area contributed by atoms with E-state index in [1.165, 1.54) is 18.4 Å². The van der Waals surface area contributed by atoms with Gasteiger partial charge in [-0.2, -0.15) is 0 Å². The van der Waals surface area contributed by atoms with Crippen LogP contribution < -0.4 is 15.6 Å². The number of aryl methyl sites for hydroxylation is 1. The Labute approximate surface area is 133 Å². The van der Waals surface area contributed by atoms with E-state index < -0.39 is 0 Å². The summed E-state index contributed by atoms with van der Waals surface area (Å²) < 4.78 is 0. The Balaban J connectivity index is 1.77. The van der Waals surface area contributed by atoms with Gasteiger partial charge >= 0.3 is 0 Å². The molecule has 0 bridgehead atoms. The Bertz CT molecular complexity index is 438. The molecule has 1 fully saturated rings. The van der Waals surface area contributed by atoms with Gasteiger partial charge in [0.2, 0.25) is 0 Å². The SMILES string of the molecule is CCCCc1ccc(NC(=S)NN2CC[NH+](C)CC2)cc1. The summed E-state index contributed by atoms with van der Waals surface area (Å²) in [5.41, 5.74) is 5.72. The van der Waals surface area contributed by atoms with Crippen LogP contribution in [-0.2, 0) is 6.42 Å². The summed E-state index contributed by atoms with van der Waals surface area (Å²) in [7, 11) is 2.23. The van der Waals surface area contributed by atoms with Crippen LogP contribution >= 0.6 is 12.2 Å². The van der Waals surface area contributed by atoms with Gasteiger partial charge in [0.1, 0.15) is 0 Å². The first kappa shape index (κ1) is 16.2. The average Bonchev–Trinajstić information content (AvgIpc) is 2.49. The number of likely N-dealkylation sites (N-methyl/N-ethyl adjacent to an activating group) is 1. The molecule has 5 heteroatoms. The van der Waals surface area contributed by atoms with Crippen molar-refractivity contribution in [3.05, 3.63) is 29.8 Å². The van der Waals surface area contributed by atoms with E-state index >= 15 is 0 Å². The number of unbranched alkanes of at least 4 members (excludes halogenated alkanes) is 1. The first-order chi connectivity index (χ1) is 10.2. The Kier molecular flexibility index (Phi) is 6.42. The Morgan fingerprint density at radius 2 is 1.90 bits per heavy atom. The highest BCUT2D eigenvalue weighted by Gasteiger charge is 2.16. The minimum absolute atomic E-state index is 0.677. The van der Waals surface area contributed by atoms with Crippen molar-refractivity contribution < 1.29 is 4.90 Å². The molecule has 21 heavy (non-hydrogen) atoms. The maximum Gasteiger partial charge on any atom is 0.185 e. The van der Waals surface area contributed by atoms with Gasteiger partial charge in [0, 0.05) is 5.69 Å². The molecule has 1 aromatic rings. The second kappa shape index (κ2) is 8.32. The topological polar surface area (TPSA) is 31.7 Å². The van der Waals surface area contributed by atoms with Crippen LogP contribution in [-0.4, -0.2) is 43.3 Å². The highest BCUT2D eigenvalue weighted by atomic mass is 32.1. The van der Waals surface area contributed by atoms with Crippen molar-refractivity contribution in [2.45, 2.75) is 26.2 Å². The lowest BCUT2D eigenvalue weighted by molar-refractivity contribution is -0.884. The number of hydrogen-bond acceptors (Lipinski definition) is 2. The number of quaternary nitrogens is 1. The molecule has 0 aromatic heterocycles. The lowest BCUT2D eigenvalue weighted by Gasteiger charge is -2.31. The Hall–Kier alpha value is -1.17. The summed E-state index contributed by atoms with van der Waals surface area (Å²) >= 11 is 5.38. The highest BCUT2D eigenvalue weighted by molar-refractivity contribution is 7.80. The molecule has 1 saturated heterocycles. The zero-order valence-corrected chi connectivity index (χ0v) is 13.9. The second-order valence-corrected chi connectivity index (χ2v) is 6.22. The average molecular weight is 307 g/mol. The molecular weight excluding hydrogens is 280 g/mol. The maximum atomic E-state index is 5.38. The van der Waals surface area contributed by atoms with Gasteiger partial charge in [-0.25, -0.2) is 5.01 Å². The third-order valence-electron chi connectivity index (χ3n) is 3.91. The predicted molar refractivity (Wildman–Crippen MR) is 92.6 cm³/mol. The third kappa shape index (κ3) is 5.61. The largest absolute Gasteiger partial charge is 0.335 e. The van der Waals surface area contributed by atoms with Crippen LogP contribution in [0.25, 0.3) is 0 Å². The lowest BCUT2D eigenvalue weighted by atomic mass is 10.1. The van der Waals surface area contributed by atoms with Crippen molar-refractivity contribution in [3.63, 3.8) is 0 Å². The van der Waals surface area contributed by atoms with E-state index in [1.807, 2.05) is 0 Å². The molecule has 0 spiro atoms. The zero-order valence-electron chi connectivity index (χ0n) is 13.1. The number of hydrogen-bond donors (Lipinski definition) is 3. The molecule has 4 nitrogen and oxygen atoms in total. The number of hydrazine groups is 1. The van der Waals surface area contributed by atoms with Crippen LogP contribution in [0.15, 0.2) is 24.3 Å². The minimum atomic E-state index is 0.677. The van der Waals surface area contributed by atoms with Crippen molar-refractivity contribution in [2.75, 3.05) is 38.5 Å². The molecule has 1 aliphatic heterocycles.